The zero-order valence-corrected chi connectivity index (χ0v) is 11.5. The molecule has 1 heterocycles. The van der Waals surface area contributed by atoms with E-state index in [0.29, 0.717) is 0 Å². The molecular formula is C15H15AsO. The molecule has 1 aliphatic heterocycles. The third-order valence-corrected chi connectivity index (χ3v) is 10.4. The molecule has 2 aromatic rings. The molecule has 0 aromatic heterocycles. The Hall–Kier alpha value is -1.20. The Morgan fingerprint density at radius 2 is 1.59 bits per heavy atom. The molecule has 86 valence electrons. The van der Waals surface area contributed by atoms with E-state index in [-0.39, 0.29) is 0 Å². The van der Waals surface area contributed by atoms with Crippen molar-refractivity contribution in [1.82, 2.24) is 0 Å². The second-order valence-corrected chi connectivity index (χ2v) is 10.7. The van der Waals surface area contributed by atoms with E-state index >= 15 is 0 Å². The fourth-order valence-electron chi connectivity index (χ4n) is 2.62. The van der Waals surface area contributed by atoms with Gasteiger partial charge in [0.2, 0.25) is 0 Å². The summed E-state index contributed by atoms with van der Waals surface area (Å²) in [6.45, 7) is 0. The van der Waals surface area contributed by atoms with E-state index in [2.05, 4.69) is 18.2 Å². The number of fused-ring (bicyclic) bond motifs is 1. The van der Waals surface area contributed by atoms with Crippen molar-refractivity contribution in [2.45, 2.75) is 18.1 Å². The van der Waals surface area contributed by atoms with Gasteiger partial charge in [0.1, 0.15) is 0 Å². The standard InChI is InChI=1S/C15H15AsO/c17-16(14-9-2-1-3-10-14)12-6-8-13-7-4-5-11-15(13)16/h1-5,7,9-11H,6,8,12H2. The van der Waals surface area contributed by atoms with Crippen LogP contribution in [0.3, 0.4) is 0 Å². The Labute approximate surface area is 104 Å². The molecule has 0 radical (unpaired) electrons. The number of benzene rings is 2. The molecule has 1 atom stereocenters. The second-order valence-electron chi connectivity index (χ2n) is 4.53. The van der Waals surface area contributed by atoms with Crippen molar-refractivity contribution in [2.24, 2.45) is 0 Å². The van der Waals surface area contributed by atoms with Gasteiger partial charge in [0.25, 0.3) is 0 Å². The molecule has 3 rings (SSSR count). The van der Waals surface area contributed by atoms with Gasteiger partial charge in [-0.2, -0.15) is 0 Å². The summed E-state index contributed by atoms with van der Waals surface area (Å²) in [4.78, 5) is 0. The summed E-state index contributed by atoms with van der Waals surface area (Å²) in [6, 6.07) is 18.3. The van der Waals surface area contributed by atoms with Gasteiger partial charge in [-0.05, 0) is 0 Å². The minimum atomic E-state index is -3.07. The normalized spacial score (nSPS) is 23.1. The van der Waals surface area contributed by atoms with Crippen molar-refractivity contribution >= 4 is 22.2 Å². The van der Waals surface area contributed by atoms with E-state index in [0.717, 1.165) is 26.8 Å². The third-order valence-electron chi connectivity index (χ3n) is 3.47. The van der Waals surface area contributed by atoms with E-state index in [1.54, 1.807) is 0 Å². The molecule has 0 saturated carbocycles. The molecule has 2 heteroatoms. The van der Waals surface area contributed by atoms with Crippen molar-refractivity contribution < 1.29 is 3.74 Å². The van der Waals surface area contributed by atoms with Crippen LogP contribution in [0.1, 0.15) is 12.0 Å². The monoisotopic (exact) mass is 286 g/mol. The summed E-state index contributed by atoms with van der Waals surface area (Å²) in [5.74, 6) is 0. The van der Waals surface area contributed by atoms with Crippen molar-refractivity contribution in [3.05, 3.63) is 60.2 Å². The van der Waals surface area contributed by atoms with Gasteiger partial charge in [-0.25, -0.2) is 0 Å². The van der Waals surface area contributed by atoms with Crippen LogP contribution in [0.25, 0.3) is 0 Å². The number of aryl methyl sites for hydroxylation is 1. The number of rotatable bonds is 1. The predicted octanol–water partition coefficient (Wildman–Crippen LogP) is 2.12. The molecule has 1 aliphatic rings. The van der Waals surface area contributed by atoms with E-state index < -0.39 is 13.5 Å². The zero-order chi connectivity index (χ0) is 11.7. The van der Waals surface area contributed by atoms with Crippen LogP contribution in [-0.4, -0.2) is 13.5 Å². The van der Waals surface area contributed by atoms with Crippen LogP contribution in [0.15, 0.2) is 54.6 Å². The van der Waals surface area contributed by atoms with Gasteiger partial charge in [-0.15, -0.1) is 0 Å². The Kier molecular flexibility index (Phi) is 2.72. The Bertz CT molecular complexity index is 574. The molecule has 0 N–H and O–H groups in total. The summed E-state index contributed by atoms with van der Waals surface area (Å²) < 4.78 is 15.5. The van der Waals surface area contributed by atoms with Crippen molar-refractivity contribution in [3.8, 4) is 0 Å². The molecule has 0 amide bonds. The molecule has 0 fully saturated rings. The first kappa shape index (κ1) is 10.9. The van der Waals surface area contributed by atoms with Crippen LogP contribution in [0.4, 0.5) is 0 Å². The van der Waals surface area contributed by atoms with E-state index in [1.807, 2.05) is 36.4 Å². The Morgan fingerprint density at radius 1 is 0.882 bits per heavy atom. The maximum absolute atomic E-state index is 13.3. The van der Waals surface area contributed by atoms with Crippen LogP contribution in [-0.2, 0) is 10.2 Å². The van der Waals surface area contributed by atoms with Crippen LogP contribution in [0, 0.1) is 0 Å². The topological polar surface area (TPSA) is 17.1 Å². The van der Waals surface area contributed by atoms with E-state index in [1.165, 1.54) is 5.56 Å². The van der Waals surface area contributed by atoms with Gasteiger partial charge >= 0.3 is 104 Å². The molecule has 2 aromatic carbocycles. The third kappa shape index (κ3) is 1.79. The van der Waals surface area contributed by atoms with E-state index in [9.17, 15) is 3.74 Å². The Morgan fingerprint density at radius 3 is 2.41 bits per heavy atom. The number of hydrogen-bond acceptors (Lipinski definition) is 1. The first-order chi connectivity index (χ1) is 8.31. The van der Waals surface area contributed by atoms with Crippen LogP contribution < -0.4 is 8.70 Å². The van der Waals surface area contributed by atoms with Gasteiger partial charge in [-0.3, -0.25) is 0 Å². The fraction of sp³-hybridized carbons (Fsp3) is 0.200. The molecule has 0 bridgehead atoms. The average Bonchev–Trinajstić information content (AvgIpc) is 2.40. The molecule has 0 spiro atoms. The summed E-state index contributed by atoms with van der Waals surface area (Å²) in [5, 5.41) is 0.874. The van der Waals surface area contributed by atoms with Crippen molar-refractivity contribution in [3.63, 3.8) is 0 Å². The van der Waals surface area contributed by atoms with E-state index in [4.69, 9.17) is 0 Å². The summed E-state index contributed by atoms with van der Waals surface area (Å²) in [5.41, 5.74) is 1.30. The first-order valence-electron chi connectivity index (χ1n) is 6.04. The quantitative estimate of drug-likeness (QED) is 0.734. The zero-order valence-electron chi connectivity index (χ0n) is 9.67. The maximum atomic E-state index is 13.3. The van der Waals surface area contributed by atoms with Gasteiger partial charge in [0, 0.05) is 0 Å². The van der Waals surface area contributed by atoms with Gasteiger partial charge < -0.3 is 0 Å². The average molecular weight is 286 g/mol. The van der Waals surface area contributed by atoms with Crippen LogP contribution >= 0.6 is 0 Å². The fourth-order valence-corrected chi connectivity index (χ4v) is 8.94. The summed E-state index contributed by atoms with van der Waals surface area (Å²) >= 11 is -3.07. The molecule has 17 heavy (non-hydrogen) atoms. The van der Waals surface area contributed by atoms with Gasteiger partial charge in [-0.1, -0.05) is 0 Å². The number of hydrogen-bond donors (Lipinski definition) is 0. The minimum absolute atomic E-state index is 0.874. The van der Waals surface area contributed by atoms with Crippen molar-refractivity contribution in [1.29, 1.82) is 0 Å². The van der Waals surface area contributed by atoms with Crippen LogP contribution in [0.5, 0.6) is 0 Å². The Balaban J connectivity index is 2.20. The van der Waals surface area contributed by atoms with Crippen LogP contribution in [0.2, 0.25) is 5.21 Å². The molecular weight excluding hydrogens is 271 g/mol. The summed E-state index contributed by atoms with van der Waals surface area (Å²) in [6.07, 6.45) is 2.14. The predicted molar refractivity (Wildman–Crippen MR) is 71.7 cm³/mol. The molecule has 0 aliphatic carbocycles. The second kappa shape index (κ2) is 4.23. The van der Waals surface area contributed by atoms with Gasteiger partial charge in [0.05, 0.1) is 0 Å². The van der Waals surface area contributed by atoms with Gasteiger partial charge in [0.15, 0.2) is 0 Å². The molecule has 0 saturated heterocycles. The first-order valence-corrected chi connectivity index (χ1v) is 10.0. The molecule has 1 nitrogen and oxygen atoms in total. The van der Waals surface area contributed by atoms with Crippen molar-refractivity contribution in [2.75, 3.05) is 0 Å². The summed E-state index contributed by atoms with van der Waals surface area (Å²) in [7, 11) is 0. The SMILES string of the molecule is O=[As]1(c2ccccc2)CCCc2ccccc21. The molecule has 1 unspecified atom stereocenters.